The van der Waals surface area contributed by atoms with Crippen molar-refractivity contribution in [3.63, 3.8) is 0 Å². The largest absolute Gasteiger partial charge is 0.246 e. The zero-order valence-electron chi connectivity index (χ0n) is 16.4. The number of benzene rings is 3. The molecular weight excluding hydrogens is 433 g/mol. The Bertz CT molecular complexity index is 1400. The molecule has 8 heteroatoms. The number of aryl methyl sites for hydroxylation is 1. The van der Waals surface area contributed by atoms with E-state index in [0.29, 0.717) is 15.9 Å². The van der Waals surface area contributed by atoms with Crippen molar-refractivity contribution in [1.82, 2.24) is 9.97 Å². The summed E-state index contributed by atoms with van der Waals surface area (Å²) in [6, 6.07) is 21.0. The van der Waals surface area contributed by atoms with E-state index in [9.17, 15) is 18.1 Å². The predicted octanol–water partition coefficient (Wildman–Crippen LogP) is 5.27. The minimum Gasteiger partial charge on any atom is -0.246 e. The van der Waals surface area contributed by atoms with Gasteiger partial charge in [0.1, 0.15) is 16.5 Å². The van der Waals surface area contributed by atoms with Crippen LogP contribution in [0.1, 0.15) is 16.5 Å². The predicted molar refractivity (Wildman–Crippen MR) is 117 cm³/mol. The van der Waals surface area contributed by atoms with Crippen LogP contribution in [0.2, 0.25) is 0 Å². The van der Waals surface area contributed by atoms with Gasteiger partial charge in [0.15, 0.2) is 15.1 Å². The van der Waals surface area contributed by atoms with Gasteiger partial charge in [-0.1, -0.05) is 41.6 Å². The summed E-state index contributed by atoms with van der Waals surface area (Å²) < 4.78 is 39.9. The zero-order chi connectivity index (χ0) is 22.0. The van der Waals surface area contributed by atoms with E-state index in [0.717, 1.165) is 17.3 Å². The van der Waals surface area contributed by atoms with Crippen LogP contribution in [0.5, 0.6) is 0 Å². The van der Waals surface area contributed by atoms with Gasteiger partial charge in [0, 0.05) is 4.90 Å². The SMILES string of the molecule is Cc1ccc(S(=O)(=O)[C@@H](C#N)c2nc3ccccc3nc2Sc2ccc(F)cc2)cc1. The second-order valence-electron chi connectivity index (χ2n) is 6.83. The molecule has 1 heterocycles. The lowest BCUT2D eigenvalue weighted by Crippen LogP contribution is -2.15. The number of fused-ring (bicyclic) bond motifs is 1. The van der Waals surface area contributed by atoms with E-state index in [1.54, 1.807) is 48.5 Å². The lowest BCUT2D eigenvalue weighted by atomic mass is 10.2. The van der Waals surface area contributed by atoms with Crippen LogP contribution in [0.4, 0.5) is 4.39 Å². The molecule has 0 bridgehead atoms. The lowest BCUT2D eigenvalue weighted by molar-refractivity contribution is 0.589. The number of rotatable bonds is 5. The van der Waals surface area contributed by atoms with Crippen molar-refractivity contribution in [2.24, 2.45) is 0 Å². The van der Waals surface area contributed by atoms with Crippen LogP contribution in [0, 0.1) is 24.1 Å². The van der Waals surface area contributed by atoms with E-state index in [2.05, 4.69) is 9.97 Å². The summed E-state index contributed by atoms with van der Waals surface area (Å²) in [5, 5.41) is 8.61. The highest BCUT2D eigenvalue weighted by molar-refractivity contribution is 7.99. The lowest BCUT2D eigenvalue weighted by Gasteiger charge is -2.15. The summed E-state index contributed by atoms with van der Waals surface area (Å²) in [7, 11) is -4.05. The molecule has 0 aliphatic carbocycles. The van der Waals surface area contributed by atoms with E-state index < -0.39 is 15.1 Å². The number of aromatic nitrogens is 2. The molecule has 0 radical (unpaired) electrons. The standard InChI is InChI=1S/C23H16FN3O2S2/c1-15-6-12-18(13-7-15)31(28,29)21(14-25)22-23(30-17-10-8-16(24)9-11-17)27-20-5-3-2-4-19(20)26-22/h2-13,21H,1H3/t21-/m0/s1. The van der Waals surface area contributed by atoms with Gasteiger partial charge in [0.2, 0.25) is 0 Å². The average Bonchev–Trinajstić information content (AvgIpc) is 2.76. The molecule has 31 heavy (non-hydrogen) atoms. The van der Waals surface area contributed by atoms with Gasteiger partial charge in [-0.05, 0) is 55.5 Å². The fourth-order valence-corrected chi connectivity index (χ4v) is 5.37. The number of hydrogen-bond donors (Lipinski definition) is 0. The van der Waals surface area contributed by atoms with Crippen molar-refractivity contribution in [2.45, 2.75) is 27.0 Å². The molecule has 5 nitrogen and oxygen atoms in total. The summed E-state index contributed by atoms with van der Waals surface area (Å²) in [4.78, 5) is 9.77. The summed E-state index contributed by atoms with van der Waals surface area (Å²) in [5.41, 5.74) is 2.02. The third-order valence-electron chi connectivity index (χ3n) is 4.62. The molecule has 0 unspecified atom stereocenters. The molecular formula is C23H16FN3O2S2. The van der Waals surface area contributed by atoms with Crippen molar-refractivity contribution < 1.29 is 12.8 Å². The maximum absolute atomic E-state index is 13.3. The third-order valence-corrected chi connectivity index (χ3v) is 7.50. The Hall–Kier alpha value is -3.28. The number of halogens is 1. The highest BCUT2D eigenvalue weighted by atomic mass is 32.2. The Morgan fingerprint density at radius 1 is 0.935 bits per heavy atom. The van der Waals surface area contributed by atoms with Gasteiger partial charge < -0.3 is 0 Å². The van der Waals surface area contributed by atoms with Crippen molar-refractivity contribution in [1.29, 1.82) is 5.26 Å². The van der Waals surface area contributed by atoms with Crippen molar-refractivity contribution in [3.05, 3.63) is 89.9 Å². The minimum absolute atomic E-state index is 0.0392. The number of para-hydroxylation sites is 2. The fourth-order valence-electron chi connectivity index (χ4n) is 3.00. The number of sulfone groups is 1. The summed E-state index contributed by atoms with van der Waals surface area (Å²) in [6.07, 6.45) is 0. The van der Waals surface area contributed by atoms with E-state index in [-0.39, 0.29) is 21.4 Å². The monoisotopic (exact) mass is 449 g/mol. The number of nitriles is 1. The molecule has 0 spiro atoms. The summed E-state index contributed by atoms with van der Waals surface area (Å²) >= 11 is 1.14. The number of nitrogens with zero attached hydrogens (tertiary/aromatic N) is 3. The Morgan fingerprint density at radius 2 is 1.55 bits per heavy atom. The molecule has 154 valence electrons. The molecule has 4 rings (SSSR count). The minimum atomic E-state index is -4.05. The molecule has 0 N–H and O–H groups in total. The third kappa shape index (κ3) is 4.29. The van der Waals surface area contributed by atoms with Crippen molar-refractivity contribution >= 4 is 32.6 Å². The van der Waals surface area contributed by atoms with Gasteiger partial charge in [-0.3, -0.25) is 0 Å². The van der Waals surface area contributed by atoms with Crippen LogP contribution in [0.25, 0.3) is 11.0 Å². The van der Waals surface area contributed by atoms with E-state index >= 15 is 0 Å². The maximum Gasteiger partial charge on any atom is 0.200 e. The Balaban J connectivity index is 1.88. The van der Waals surface area contributed by atoms with Gasteiger partial charge in [0.25, 0.3) is 0 Å². The first kappa shape index (κ1) is 21.0. The van der Waals surface area contributed by atoms with Gasteiger partial charge >= 0.3 is 0 Å². The van der Waals surface area contributed by atoms with Gasteiger partial charge in [-0.15, -0.1) is 0 Å². The molecule has 0 fully saturated rings. The molecule has 0 aliphatic heterocycles. The van der Waals surface area contributed by atoms with Crippen LogP contribution >= 0.6 is 11.8 Å². The van der Waals surface area contributed by atoms with Crippen LogP contribution in [0.3, 0.4) is 0 Å². The topological polar surface area (TPSA) is 83.7 Å². The van der Waals surface area contributed by atoms with Crippen LogP contribution in [-0.2, 0) is 9.84 Å². The van der Waals surface area contributed by atoms with Crippen molar-refractivity contribution in [3.8, 4) is 6.07 Å². The van der Waals surface area contributed by atoms with Crippen LogP contribution < -0.4 is 0 Å². The van der Waals surface area contributed by atoms with Crippen LogP contribution in [-0.4, -0.2) is 18.4 Å². The molecule has 0 aliphatic rings. The molecule has 3 aromatic carbocycles. The van der Waals surface area contributed by atoms with E-state index in [1.807, 2.05) is 13.0 Å². The van der Waals surface area contributed by atoms with Gasteiger partial charge in [-0.2, -0.15) is 5.26 Å². The molecule has 0 amide bonds. The second kappa shape index (κ2) is 8.46. The quantitative estimate of drug-likeness (QED) is 0.413. The fraction of sp³-hybridized carbons (Fsp3) is 0.0870. The molecule has 1 aromatic heterocycles. The smallest absolute Gasteiger partial charge is 0.200 e. The first-order valence-corrected chi connectivity index (χ1v) is 11.6. The van der Waals surface area contributed by atoms with Gasteiger partial charge in [0.05, 0.1) is 22.0 Å². The summed E-state index contributed by atoms with van der Waals surface area (Å²) in [5.74, 6) is -0.383. The van der Waals surface area contributed by atoms with E-state index in [4.69, 9.17) is 0 Å². The first-order chi connectivity index (χ1) is 14.9. The second-order valence-corrected chi connectivity index (χ2v) is 9.92. The molecule has 0 saturated carbocycles. The van der Waals surface area contributed by atoms with Gasteiger partial charge in [-0.25, -0.2) is 22.8 Å². The molecule has 4 aromatic rings. The maximum atomic E-state index is 13.3. The first-order valence-electron chi connectivity index (χ1n) is 9.29. The summed E-state index contributed by atoms with van der Waals surface area (Å²) in [6.45, 7) is 1.85. The highest BCUT2D eigenvalue weighted by Gasteiger charge is 2.33. The molecule has 1 atom stereocenters. The normalized spacial score (nSPS) is 12.4. The average molecular weight is 450 g/mol. The zero-order valence-corrected chi connectivity index (χ0v) is 18.0. The highest BCUT2D eigenvalue weighted by Crippen LogP contribution is 2.37. The van der Waals surface area contributed by atoms with Crippen molar-refractivity contribution in [2.75, 3.05) is 0 Å². The Kier molecular flexibility index (Phi) is 5.72. The molecule has 0 saturated heterocycles. The Morgan fingerprint density at radius 3 is 2.16 bits per heavy atom. The number of hydrogen-bond acceptors (Lipinski definition) is 6. The van der Waals surface area contributed by atoms with Crippen LogP contribution in [0.15, 0.2) is 87.6 Å². The Labute approximate surface area is 183 Å². The van der Waals surface area contributed by atoms with E-state index in [1.165, 1.54) is 24.3 Å².